The van der Waals surface area contributed by atoms with Crippen LogP contribution in [0, 0.1) is 5.92 Å². The number of fused-ring (bicyclic) bond motifs is 1. The maximum absolute atomic E-state index is 13.4. The molecular formula is C24H30N6O4. The van der Waals surface area contributed by atoms with E-state index in [0.29, 0.717) is 36.4 Å². The van der Waals surface area contributed by atoms with E-state index in [1.165, 1.54) is 6.33 Å². The van der Waals surface area contributed by atoms with Crippen LogP contribution in [0.3, 0.4) is 0 Å². The van der Waals surface area contributed by atoms with Crippen molar-refractivity contribution in [1.29, 1.82) is 0 Å². The fraction of sp³-hybridized carbons (Fsp3) is 0.458. The lowest BCUT2D eigenvalue weighted by molar-refractivity contribution is -0.122. The predicted octanol–water partition coefficient (Wildman–Crippen LogP) is 2.67. The molecule has 3 heterocycles. The van der Waals surface area contributed by atoms with Crippen molar-refractivity contribution in [1.82, 2.24) is 24.9 Å². The number of hydrogen-bond acceptors (Lipinski definition) is 8. The van der Waals surface area contributed by atoms with E-state index >= 15 is 0 Å². The topological polar surface area (TPSA) is 134 Å². The summed E-state index contributed by atoms with van der Waals surface area (Å²) in [5.74, 6) is 1.00. The number of nitrogen functional groups attached to an aromatic ring is 1. The van der Waals surface area contributed by atoms with Crippen molar-refractivity contribution < 1.29 is 19.1 Å². The monoisotopic (exact) mass is 466 g/mol. The molecule has 0 aliphatic heterocycles. The van der Waals surface area contributed by atoms with E-state index in [2.05, 4.69) is 20.4 Å². The molecule has 0 atom stereocenters. The number of nitrogens with one attached hydrogen (secondary N) is 1. The maximum atomic E-state index is 13.4. The number of nitrogens with two attached hydrogens (primary N) is 1. The van der Waals surface area contributed by atoms with Crippen LogP contribution >= 0.6 is 0 Å². The van der Waals surface area contributed by atoms with E-state index in [1.807, 2.05) is 12.1 Å². The van der Waals surface area contributed by atoms with Gasteiger partial charge >= 0.3 is 0 Å². The van der Waals surface area contributed by atoms with Gasteiger partial charge in [-0.2, -0.15) is 5.10 Å². The van der Waals surface area contributed by atoms with E-state index in [9.17, 15) is 9.59 Å². The van der Waals surface area contributed by atoms with Crippen molar-refractivity contribution in [2.24, 2.45) is 5.92 Å². The number of carbonyl (C=O) groups excluding carboxylic acids is 2. The number of aromatic nitrogens is 4. The van der Waals surface area contributed by atoms with Crippen molar-refractivity contribution in [3.63, 3.8) is 0 Å². The summed E-state index contributed by atoms with van der Waals surface area (Å²) in [7, 11) is 3.14. The molecule has 3 aromatic rings. The molecule has 1 aliphatic rings. The van der Waals surface area contributed by atoms with Crippen LogP contribution in [-0.4, -0.2) is 58.1 Å². The lowest BCUT2D eigenvalue weighted by atomic mass is 9.82. The van der Waals surface area contributed by atoms with Crippen LogP contribution in [0.25, 0.3) is 16.8 Å². The van der Waals surface area contributed by atoms with Crippen LogP contribution in [0.4, 0.5) is 5.82 Å². The van der Waals surface area contributed by atoms with Crippen LogP contribution in [0.15, 0.2) is 30.7 Å². The third-order valence-corrected chi connectivity index (χ3v) is 6.34. The second-order valence-corrected chi connectivity index (χ2v) is 8.59. The van der Waals surface area contributed by atoms with Crippen LogP contribution in [0.1, 0.15) is 48.9 Å². The van der Waals surface area contributed by atoms with Gasteiger partial charge in [-0.3, -0.25) is 9.59 Å². The molecule has 3 aromatic heterocycles. The highest BCUT2D eigenvalue weighted by Gasteiger charge is 2.27. The molecule has 1 aliphatic carbocycles. The lowest BCUT2D eigenvalue weighted by Crippen LogP contribution is -2.38. The zero-order valence-electron chi connectivity index (χ0n) is 19.5. The normalized spacial score (nSPS) is 18.1. The highest BCUT2D eigenvalue weighted by molar-refractivity contribution is 6.06. The number of Topliss-reactive ketones (excluding diaryl/α,β-unsaturated/α-hetero) is 1. The van der Waals surface area contributed by atoms with Gasteiger partial charge in [0.15, 0.2) is 11.6 Å². The van der Waals surface area contributed by atoms with Gasteiger partial charge in [0.25, 0.3) is 0 Å². The van der Waals surface area contributed by atoms with Gasteiger partial charge in [-0.15, -0.1) is 0 Å². The van der Waals surface area contributed by atoms with E-state index in [-0.39, 0.29) is 29.5 Å². The number of nitrogens with zero attached hydrogens (tertiary/aromatic N) is 4. The van der Waals surface area contributed by atoms with Gasteiger partial charge in [-0.1, -0.05) is 0 Å². The van der Waals surface area contributed by atoms with Crippen LogP contribution in [0.2, 0.25) is 0 Å². The molecule has 10 heteroatoms. The highest BCUT2D eigenvalue weighted by Crippen LogP contribution is 2.33. The summed E-state index contributed by atoms with van der Waals surface area (Å²) in [6, 6.07) is 5.60. The van der Waals surface area contributed by atoms with E-state index in [4.69, 9.17) is 15.2 Å². The average Bonchev–Trinajstić information content (AvgIpc) is 3.25. The summed E-state index contributed by atoms with van der Waals surface area (Å²) in [5.41, 5.74) is 8.72. The zero-order chi connectivity index (χ0) is 24.1. The van der Waals surface area contributed by atoms with E-state index in [0.717, 1.165) is 36.9 Å². The Bertz CT molecular complexity index is 1170. The number of pyridine rings is 1. The van der Waals surface area contributed by atoms with Gasteiger partial charge in [0.2, 0.25) is 11.8 Å². The molecule has 0 radical (unpaired) electrons. The summed E-state index contributed by atoms with van der Waals surface area (Å²) in [6.07, 6.45) is 7.29. The largest absolute Gasteiger partial charge is 0.481 e. The number of ketones is 1. The Morgan fingerprint density at radius 2 is 1.97 bits per heavy atom. The first-order valence-corrected chi connectivity index (χ1v) is 11.4. The molecule has 10 nitrogen and oxygen atoms in total. The summed E-state index contributed by atoms with van der Waals surface area (Å²) in [6.45, 7) is 0.419. The van der Waals surface area contributed by atoms with Crippen molar-refractivity contribution in [2.75, 3.05) is 26.6 Å². The minimum absolute atomic E-state index is 0.0115. The Hall–Kier alpha value is -3.53. The van der Waals surface area contributed by atoms with Crippen molar-refractivity contribution >= 4 is 23.0 Å². The Balaban J connectivity index is 1.49. The molecule has 0 spiro atoms. The zero-order valence-corrected chi connectivity index (χ0v) is 19.5. The molecule has 0 bridgehead atoms. The molecule has 1 saturated carbocycles. The van der Waals surface area contributed by atoms with Crippen LogP contribution in [0.5, 0.6) is 5.88 Å². The predicted molar refractivity (Wildman–Crippen MR) is 127 cm³/mol. The first-order chi connectivity index (χ1) is 16.5. The summed E-state index contributed by atoms with van der Waals surface area (Å²) < 4.78 is 11.8. The second-order valence-electron chi connectivity index (χ2n) is 8.59. The number of amides is 1. The minimum atomic E-state index is 0.0115. The molecule has 4 rings (SSSR count). The van der Waals surface area contributed by atoms with Crippen molar-refractivity contribution in [3.05, 3.63) is 36.3 Å². The molecule has 0 aromatic carbocycles. The Morgan fingerprint density at radius 3 is 2.71 bits per heavy atom. The molecule has 34 heavy (non-hydrogen) atoms. The van der Waals surface area contributed by atoms with Crippen molar-refractivity contribution in [2.45, 2.75) is 44.6 Å². The number of ether oxygens (including phenoxy) is 2. The Labute approximate surface area is 197 Å². The van der Waals surface area contributed by atoms with Gasteiger partial charge in [-0.25, -0.2) is 14.5 Å². The first-order valence-electron chi connectivity index (χ1n) is 11.4. The summed E-state index contributed by atoms with van der Waals surface area (Å²) >= 11 is 0. The third-order valence-electron chi connectivity index (χ3n) is 6.34. The van der Waals surface area contributed by atoms with Crippen molar-refractivity contribution in [3.8, 4) is 17.1 Å². The SMILES string of the molecule is COCCC(=O)NC1CCC(CC(=O)c2cc(-c3ccnc(OC)c3)n3ncnc(N)c23)CC1. The minimum Gasteiger partial charge on any atom is -0.481 e. The molecule has 1 amide bonds. The molecular weight excluding hydrogens is 436 g/mol. The van der Waals surface area contributed by atoms with Gasteiger partial charge in [0.05, 0.1) is 19.4 Å². The second kappa shape index (κ2) is 10.6. The van der Waals surface area contributed by atoms with E-state index < -0.39 is 0 Å². The quantitative estimate of drug-likeness (QED) is 0.460. The maximum Gasteiger partial charge on any atom is 0.222 e. The van der Waals surface area contributed by atoms with Gasteiger partial charge in [0, 0.05) is 49.4 Å². The summed E-state index contributed by atoms with van der Waals surface area (Å²) in [4.78, 5) is 33.6. The third kappa shape index (κ3) is 5.17. The summed E-state index contributed by atoms with van der Waals surface area (Å²) in [5, 5.41) is 7.41. The smallest absolute Gasteiger partial charge is 0.222 e. The lowest BCUT2D eigenvalue weighted by Gasteiger charge is -2.28. The van der Waals surface area contributed by atoms with Gasteiger partial charge < -0.3 is 20.5 Å². The number of methoxy groups -OCH3 is 2. The molecule has 180 valence electrons. The number of rotatable bonds is 9. The number of anilines is 1. The van der Waals surface area contributed by atoms with Gasteiger partial charge in [0.1, 0.15) is 11.8 Å². The fourth-order valence-corrected chi connectivity index (χ4v) is 4.54. The molecule has 0 saturated heterocycles. The standard InChI is InChI=1S/C24H30N6O4/c1-33-10-8-21(32)29-17-5-3-15(4-6-17)11-20(31)18-13-19(16-7-9-26-22(12-16)34-2)30-23(18)24(25)27-14-28-30/h7,9,12-15,17H,3-6,8,10-11H2,1-2H3,(H,29,32)(H2,25,27,28). The molecule has 0 unspecified atom stereocenters. The highest BCUT2D eigenvalue weighted by atomic mass is 16.5. The van der Waals surface area contributed by atoms with Crippen LogP contribution < -0.4 is 15.8 Å². The molecule has 3 N–H and O–H groups in total. The van der Waals surface area contributed by atoms with Crippen LogP contribution in [-0.2, 0) is 9.53 Å². The number of carbonyl (C=O) groups is 2. The van der Waals surface area contributed by atoms with Gasteiger partial charge in [-0.05, 0) is 43.7 Å². The first kappa shape index (κ1) is 23.6. The average molecular weight is 467 g/mol. The van der Waals surface area contributed by atoms with E-state index in [1.54, 1.807) is 31.0 Å². The molecule has 1 fully saturated rings. The fourth-order valence-electron chi connectivity index (χ4n) is 4.54. The number of hydrogen-bond donors (Lipinski definition) is 2. The Morgan fingerprint density at radius 1 is 1.18 bits per heavy atom. The Kier molecular flexibility index (Phi) is 7.36.